The fourth-order valence-corrected chi connectivity index (χ4v) is 3.85. The van der Waals surface area contributed by atoms with Crippen LogP contribution < -0.4 is 5.32 Å². The molecular weight excluding hydrogens is 442 g/mol. The maximum absolute atomic E-state index is 5.02. The van der Waals surface area contributed by atoms with Gasteiger partial charge in [-0.15, -0.1) is 0 Å². The van der Waals surface area contributed by atoms with Gasteiger partial charge in [0.05, 0.1) is 11.4 Å². The first-order valence-electron chi connectivity index (χ1n) is 8.53. The van der Waals surface area contributed by atoms with Crippen LogP contribution in [0, 0.1) is 0 Å². The molecule has 128 valence electrons. The third-order valence-electron chi connectivity index (χ3n) is 4.70. The Morgan fingerprint density at radius 1 is 0.800 bits per heavy atom. The van der Waals surface area contributed by atoms with Crippen LogP contribution in [0.1, 0.15) is 24.6 Å². The third-order valence-corrected chi connectivity index (χ3v) is 5.76. The summed E-state index contributed by atoms with van der Waals surface area (Å²) in [6.07, 6.45) is 2.26. The molecule has 1 aromatic heterocycles. The fourth-order valence-electron chi connectivity index (χ4n) is 3.32. The summed E-state index contributed by atoms with van der Waals surface area (Å²) in [6, 6.07) is 16.8. The van der Waals surface area contributed by atoms with E-state index in [2.05, 4.69) is 90.7 Å². The lowest BCUT2D eigenvalue weighted by molar-refractivity contribution is 0.447. The van der Waals surface area contributed by atoms with E-state index in [4.69, 9.17) is 4.98 Å². The molecule has 0 atom stereocenters. The van der Waals surface area contributed by atoms with E-state index in [1.807, 2.05) is 0 Å². The van der Waals surface area contributed by atoms with Crippen molar-refractivity contribution in [1.29, 1.82) is 0 Å². The van der Waals surface area contributed by atoms with Gasteiger partial charge < -0.3 is 10.3 Å². The normalized spacial score (nSPS) is 15.4. The molecule has 0 unspecified atom stereocenters. The van der Waals surface area contributed by atoms with Crippen LogP contribution in [0.15, 0.2) is 57.5 Å². The number of rotatable bonds is 3. The van der Waals surface area contributed by atoms with Crippen LogP contribution in [-0.4, -0.2) is 23.1 Å². The molecule has 5 heteroatoms. The first kappa shape index (κ1) is 17.0. The smallest absolute Gasteiger partial charge is 0.110 e. The lowest BCUT2D eigenvalue weighted by Gasteiger charge is -2.20. The molecule has 2 aromatic carbocycles. The lowest BCUT2D eigenvalue weighted by Crippen LogP contribution is -2.27. The number of aromatic nitrogens is 2. The van der Waals surface area contributed by atoms with Crippen molar-refractivity contribution in [2.75, 3.05) is 13.1 Å². The summed E-state index contributed by atoms with van der Waals surface area (Å²) in [5, 5.41) is 3.43. The maximum atomic E-state index is 5.02. The molecule has 1 aliphatic rings. The van der Waals surface area contributed by atoms with E-state index < -0.39 is 0 Å². The van der Waals surface area contributed by atoms with Gasteiger partial charge in [-0.25, -0.2) is 4.98 Å². The van der Waals surface area contributed by atoms with Crippen molar-refractivity contribution < 1.29 is 0 Å². The van der Waals surface area contributed by atoms with Gasteiger partial charge in [0.2, 0.25) is 0 Å². The second-order valence-electron chi connectivity index (χ2n) is 6.38. The SMILES string of the molecule is Brc1ccc(-c2nc(C3CCNCC3)[nH]c2-c2ccc(Br)cc2)cc1. The maximum Gasteiger partial charge on any atom is 0.110 e. The number of nitrogens with zero attached hydrogens (tertiary/aromatic N) is 1. The number of hydrogen-bond donors (Lipinski definition) is 2. The standard InChI is InChI=1S/C20H19Br2N3/c21-16-5-1-13(2-6-16)18-19(14-3-7-17(22)8-4-14)25-20(24-18)15-9-11-23-12-10-15/h1-8,15,23H,9-12H2,(H,24,25). The lowest BCUT2D eigenvalue weighted by atomic mass is 9.98. The number of aromatic amines is 1. The van der Waals surface area contributed by atoms with Gasteiger partial charge in [0.25, 0.3) is 0 Å². The summed E-state index contributed by atoms with van der Waals surface area (Å²) in [7, 11) is 0. The van der Waals surface area contributed by atoms with Gasteiger partial charge in [0.1, 0.15) is 5.82 Å². The molecule has 1 fully saturated rings. The predicted octanol–water partition coefficient (Wildman–Crippen LogP) is 5.74. The summed E-state index contributed by atoms with van der Waals surface area (Å²) >= 11 is 7.04. The van der Waals surface area contributed by atoms with Crippen LogP contribution in [0.4, 0.5) is 0 Å². The predicted molar refractivity (Wildman–Crippen MR) is 110 cm³/mol. The zero-order valence-corrected chi connectivity index (χ0v) is 16.9. The fraction of sp³-hybridized carbons (Fsp3) is 0.250. The highest BCUT2D eigenvalue weighted by atomic mass is 79.9. The molecular formula is C20H19Br2N3. The van der Waals surface area contributed by atoms with Crippen LogP contribution in [0.5, 0.6) is 0 Å². The number of benzene rings is 2. The van der Waals surface area contributed by atoms with E-state index >= 15 is 0 Å². The van der Waals surface area contributed by atoms with Crippen molar-refractivity contribution in [2.45, 2.75) is 18.8 Å². The molecule has 0 saturated carbocycles. The van der Waals surface area contributed by atoms with Gasteiger partial charge in [-0.05, 0) is 50.2 Å². The van der Waals surface area contributed by atoms with Crippen LogP contribution in [0.25, 0.3) is 22.5 Å². The Kier molecular flexibility index (Phi) is 5.06. The van der Waals surface area contributed by atoms with Crippen LogP contribution >= 0.6 is 31.9 Å². The molecule has 4 rings (SSSR count). The number of H-pyrrole nitrogens is 1. The minimum Gasteiger partial charge on any atom is -0.341 e. The molecule has 0 bridgehead atoms. The summed E-state index contributed by atoms with van der Waals surface area (Å²) in [6.45, 7) is 2.12. The number of hydrogen-bond acceptors (Lipinski definition) is 2. The number of halogens is 2. The summed E-state index contributed by atoms with van der Waals surface area (Å²) < 4.78 is 2.16. The van der Waals surface area contributed by atoms with Crippen molar-refractivity contribution in [2.24, 2.45) is 0 Å². The second-order valence-corrected chi connectivity index (χ2v) is 8.22. The minimum atomic E-state index is 0.500. The zero-order chi connectivity index (χ0) is 17.2. The Labute approximate surface area is 164 Å². The van der Waals surface area contributed by atoms with Crippen molar-refractivity contribution in [1.82, 2.24) is 15.3 Å². The van der Waals surface area contributed by atoms with E-state index in [-0.39, 0.29) is 0 Å². The first-order chi connectivity index (χ1) is 12.2. The highest BCUT2D eigenvalue weighted by Crippen LogP contribution is 2.34. The topological polar surface area (TPSA) is 40.7 Å². The highest BCUT2D eigenvalue weighted by Gasteiger charge is 2.22. The molecule has 1 aliphatic heterocycles. The van der Waals surface area contributed by atoms with Gasteiger partial charge in [-0.3, -0.25) is 0 Å². The van der Waals surface area contributed by atoms with Gasteiger partial charge in [0, 0.05) is 26.0 Å². The van der Waals surface area contributed by atoms with Crippen molar-refractivity contribution in [3.63, 3.8) is 0 Å². The summed E-state index contributed by atoms with van der Waals surface area (Å²) in [4.78, 5) is 8.66. The molecule has 3 nitrogen and oxygen atoms in total. The monoisotopic (exact) mass is 459 g/mol. The van der Waals surface area contributed by atoms with Gasteiger partial charge in [0.15, 0.2) is 0 Å². The van der Waals surface area contributed by atoms with Gasteiger partial charge in [-0.2, -0.15) is 0 Å². The number of nitrogens with one attached hydrogen (secondary N) is 2. The van der Waals surface area contributed by atoms with E-state index in [0.717, 1.165) is 63.2 Å². The molecule has 0 aliphatic carbocycles. The Hall–Kier alpha value is -1.43. The van der Waals surface area contributed by atoms with Crippen molar-refractivity contribution >= 4 is 31.9 Å². The van der Waals surface area contributed by atoms with E-state index in [0.29, 0.717) is 5.92 Å². The molecule has 0 amide bonds. The van der Waals surface area contributed by atoms with Gasteiger partial charge in [-0.1, -0.05) is 56.1 Å². The Morgan fingerprint density at radius 2 is 1.36 bits per heavy atom. The van der Waals surface area contributed by atoms with Crippen LogP contribution in [-0.2, 0) is 0 Å². The zero-order valence-electron chi connectivity index (χ0n) is 13.7. The Balaban J connectivity index is 1.80. The molecule has 2 N–H and O–H groups in total. The molecule has 3 aromatic rings. The Bertz CT molecular complexity index is 785. The van der Waals surface area contributed by atoms with E-state index in [1.54, 1.807) is 0 Å². The highest BCUT2D eigenvalue weighted by molar-refractivity contribution is 9.10. The molecule has 1 saturated heterocycles. The van der Waals surface area contributed by atoms with Crippen molar-refractivity contribution in [3.8, 4) is 22.5 Å². The second kappa shape index (κ2) is 7.44. The number of piperidine rings is 1. The summed E-state index contributed by atoms with van der Waals surface area (Å²) in [5.41, 5.74) is 4.43. The van der Waals surface area contributed by atoms with Gasteiger partial charge >= 0.3 is 0 Å². The van der Waals surface area contributed by atoms with Crippen LogP contribution in [0.3, 0.4) is 0 Å². The average Bonchev–Trinajstić information content (AvgIpc) is 3.09. The minimum absolute atomic E-state index is 0.500. The van der Waals surface area contributed by atoms with E-state index in [9.17, 15) is 0 Å². The molecule has 25 heavy (non-hydrogen) atoms. The Morgan fingerprint density at radius 3 is 1.96 bits per heavy atom. The average molecular weight is 461 g/mol. The quantitative estimate of drug-likeness (QED) is 0.523. The largest absolute Gasteiger partial charge is 0.341 e. The molecule has 0 radical (unpaired) electrons. The molecule has 0 spiro atoms. The van der Waals surface area contributed by atoms with E-state index in [1.165, 1.54) is 0 Å². The number of imidazole rings is 1. The molecule has 2 heterocycles. The van der Waals surface area contributed by atoms with Crippen molar-refractivity contribution in [3.05, 3.63) is 63.3 Å². The summed E-state index contributed by atoms with van der Waals surface area (Å²) in [5.74, 6) is 1.61. The third kappa shape index (κ3) is 3.73. The van der Waals surface area contributed by atoms with Crippen LogP contribution in [0.2, 0.25) is 0 Å². The first-order valence-corrected chi connectivity index (χ1v) is 10.1.